The minimum Gasteiger partial charge on any atom is -0.497 e. The van der Waals surface area contributed by atoms with Crippen LogP contribution in [-0.4, -0.2) is 44.1 Å². The summed E-state index contributed by atoms with van der Waals surface area (Å²) in [6, 6.07) is 16.8. The van der Waals surface area contributed by atoms with E-state index >= 15 is 0 Å². The fourth-order valence-electron chi connectivity index (χ4n) is 4.67. The number of hydrogen-bond acceptors (Lipinski definition) is 5. The van der Waals surface area contributed by atoms with E-state index in [1.165, 1.54) is 11.4 Å². The highest BCUT2D eigenvalue weighted by atomic mass is 16.5. The van der Waals surface area contributed by atoms with Crippen molar-refractivity contribution >= 4 is 17.3 Å². The molecule has 37 heavy (non-hydrogen) atoms. The Kier molecular flexibility index (Phi) is 8.39. The highest BCUT2D eigenvalue weighted by Crippen LogP contribution is 2.25. The fourth-order valence-corrected chi connectivity index (χ4v) is 4.67. The van der Waals surface area contributed by atoms with E-state index < -0.39 is 0 Å². The molecule has 1 saturated heterocycles. The quantitative estimate of drug-likeness (QED) is 0.480. The Morgan fingerprint density at radius 1 is 0.973 bits per heavy atom. The molecule has 1 fully saturated rings. The summed E-state index contributed by atoms with van der Waals surface area (Å²) < 4.78 is 5.27. The van der Waals surface area contributed by atoms with Crippen molar-refractivity contribution in [3.05, 3.63) is 102 Å². The number of hydrogen-bond donors (Lipinski definition) is 1. The molecule has 2 aromatic carbocycles. The number of allylic oxidation sites excluding steroid dienone is 4. The van der Waals surface area contributed by atoms with Gasteiger partial charge in [0.2, 0.25) is 0 Å². The molecular formula is C31H38N4O2. The lowest BCUT2D eigenvalue weighted by Gasteiger charge is -2.37. The van der Waals surface area contributed by atoms with Crippen LogP contribution < -0.4 is 19.9 Å². The van der Waals surface area contributed by atoms with Crippen molar-refractivity contribution in [3.8, 4) is 5.75 Å². The molecule has 0 atom stereocenters. The molecule has 0 bridgehead atoms. The van der Waals surface area contributed by atoms with E-state index in [1.807, 2.05) is 49.2 Å². The van der Waals surface area contributed by atoms with Crippen molar-refractivity contribution in [2.24, 2.45) is 0 Å². The number of amides is 1. The maximum absolute atomic E-state index is 13.2. The SMILES string of the molecule is C=C1C=C(C)C=CN1/C(C(=O)NCc1ccc(N2CCN(c3ccc(OC)cc3)CC2)cc1)=C(\C)CC. The molecule has 6 heteroatoms. The zero-order valence-electron chi connectivity index (χ0n) is 22.5. The van der Waals surface area contributed by atoms with Crippen LogP contribution in [0.25, 0.3) is 0 Å². The Morgan fingerprint density at radius 3 is 2.05 bits per heavy atom. The van der Waals surface area contributed by atoms with Gasteiger partial charge in [-0.25, -0.2) is 0 Å². The minimum absolute atomic E-state index is 0.0863. The van der Waals surface area contributed by atoms with Gasteiger partial charge < -0.3 is 24.8 Å². The number of carbonyl (C=O) groups is 1. The summed E-state index contributed by atoms with van der Waals surface area (Å²) in [6.07, 6.45) is 6.71. The van der Waals surface area contributed by atoms with E-state index in [4.69, 9.17) is 4.74 Å². The molecule has 194 valence electrons. The van der Waals surface area contributed by atoms with E-state index in [2.05, 4.69) is 65.0 Å². The second-order valence-electron chi connectivity index (χ2n) is 9.57. The first kappa shape index (κ1) is 26.1. The summed E-state index contributed by atoms with van der Waals surface area (Å²) in [6.45, 7) is 14.6. The first-order valence-electron chi connectivity index (χ1n) is 12.9. The van der Waals surface area contributed by atoms with Gasteiger partial charge in [0.05, 0.1) is 7.11 Å². The third kappa shape index (κ3) is 6.26. The van der Waals surface area contributed by atoms with Gasteiger partial charge in [0.25, 0.3) is 5.91 Å². The average molecular weight is 499 g/mol. The number of nitrogens with one attached hydrogen (secondary N) is 1. The van der Waals surface area contributed by atoms with E-state index in [9.17, 15) is 4.79 Å². The fraction of sp³-hybridized carbons (Fsp3) is 0.323. The van der Waals surface area contributed by atoms with Crippen LogP contribution in [0.15, 0.2) is 96.0 Å². The van der Waals surface area contributed by atoms with Crippen LogP contribution in [-0.2, 0) is 11.3 Å². The van der Waals surface area contributed by atoms with Crippen molar-refractivity contribution in [2.75, 3.05) is 43.1 Å². The number of piperazine rings is 1. The molecule has 2 heterocycles. The van der Waals surface area contributed by atoms with Gasteiger partial charge in [0, 0.05) is 56.0 Å². The van der Waals surface area contributed by atoms with Gasteiger partial charge in [-0.1, -0.05) is 25.6 Å². The summed E-state index contributed by atoms with van der Waals surface area (Å²) in [7, 11) is 1.69. The molecule has 2 aliphatic heterocycles. The molecule has 0 saturated carbocycles. The first-order chi connectivity index (χ1) is 17.9. The molecule has 0 aliphatic carbocycles. The van der Waals surface area contributed by atoms with Crippen molar-refractivity contribution in [3.63, 3.8) is 0 Å². The van der Waals surface area contributed by atoms with Crippen LogP contribution in [0, 0.1) is 0 Å². The lowest BCUT2D eigenvalue weighted by molar-refractivity contribution is -0.118. The zero-order valence-corrected chi connectivity index (χ0v) is 22.5. The van der Waals surface area contributed by atoms with Gasteiger partial charge in [-0.3, -0.25) is 4.79 Å². The molecule has 0 spiro atoms. The van der Waals surface area contributed by atoms with E-state index in [0.29, 0.717) is 12.2 Å². The van der Waals surface area contributed by atoms with Crippen molar-refractivity contribution in [1.82, 2.24) is 10.2 Å². The minimum atomic E-state index is -0.0863. The predicted octanol–water partition coefficient (Wildman–Crippen LogP) is 5.61. The number of methoxy groups -OCH3 is 1. The molecule has 1 amide bonds. The van der Waals surface area contributed by atoms with Crippen molar-refractivity contribution in [2.45, 2.75) is 33.7 Å². The number of nitrogens with zero attached hydrogens (tertiary/aromatic N) is 3. The van der Waals surface area contributed by atoms with Gasteiger partial charge in [0.1, 0.15) is 11.4 Å². The molecule has 0 unspecified atom stereocenters. The maximum atomic E-state index is 13.2. The number of anilines is 2. The molecule has 0 aromatic heterocycles. The second kappa shape index (κ2) is 11.9. The largest absolute Gasteiger partial charge is 0.497 e. The van der Waals surface area contributed by atoms with Gasteiger partial charge in [-0.2, -0.15) is 0 Å². The summed E-state index contributed by atoms with van der Waals surface area (Å²) in [5.41, 5.74) is 7.12. The first-order valence-corrected chi connectivity index (χ1v) is 12.9. The summed E-state index contributed by atoms with van der Waals surface area (Å²) in [5, 5.41) is 3.11. The normalized spacial score (nSPS) is 16.4. The van der Waals surface area contributed by atoms with Crippen LogP contribution in [0.2, 0.25) is 0 Å². The van der Waals surface area contributed by atoms with Crippen LogP contribution in [0.1, 0.15) is 32.8 Å². The monoisotopic (exact) mass is 498 g/mol. The second-order valence-corrected chi connectivity index (χ2v) is 9.57. The molecule has 0 radical (unpaired) electrons. The van der Waals surface area contributed by atoms with Crippen LogP contribution in [0.4, 0.5) is 11.4 Å². The Morgan fingerprint density at radius 2 is 1.54 bits per heavy atom. The van der Waals surface area contributed by atoms with Gasteiger partial charge in [0.15, 0.2) is 0 Å². The highest BCUT2D eigenvalue weighted by molar-refractivity contribution is 5.94. The van der Waals surface area contributed by atoms with Gasteiger partial charge in [-0.15, -0.1) is 0 Å². The number of rotatable bonds is 8. The summed E-state index contributed by atoms with van der Waals surface area (Å²) in [4.78, 5) is 19.9. The zero-order chi connectivity index (χ0) is 26.4. The number of carbonyl (C=O) groups excluding carboxylic acids is 1. The molecule has 6 nitrogen and oxygen atoms in total. The van der Waals surface area contributed by atoms with Gasteiger partial charge in [-0.05, 0) is 85.5 Å². The van der Waals surface area contributed by atoms with Crippen LogP contribution in [0.5, 0.6) is 5.75 Å². The number of ether oxygens (including phenoxy) is 1. The molecular weight excluding hydrogens is 460 g/mol. The lowest BCUT2D eigenvalue weighted by Crippen LogP contribution is -2.46. The third-order valence-electron chi connectivity index (χ3n) is 7.05. The molecule has 4 rings (SSSR count). The van der Waals surface area contributed by atoms with E-state index in [0.717, 1.165) is 60.8 Å². The predicted molar refractivity (Wildman–Crippen MR) is 153 cm³/mol. The van der Waals surface area contributed by atoms with Crippen LogP contribution >= 0.6 is 0 Å². The molecule has 2 aliphatic rings. The van der Waals surface area contributed by atoms with Crippen molar-refractivity contribution < 1.29 is 9.53 Å². The maximum Gasteiger partial charge on any atom is 0.268 e. The lowest BCUT2D eigenvalue weighted by atomic mass is 10.1. The third-order valence-corrected chi connectivity index (χ3v) is 7.05. The summed E-state index contributed by atoms with van der Waals surface area (Å²) in [5.74, 6) is 0.796. The van der Waals surface area contributed by atoms with E-state index in [-0.39, 0.29) is 5.91 Å². The smallest absolute Gasteiger partial charge is 0.268 e. The van der Waals surface area contributed by atoms with E-state index in [1.54, 1.807) is 7.11 Å². The topological polar surface area (TPSA) is 48.1 Å². The molecule has 2 aromatic rings. The average Bonchev–Trinajstić information content (AvgIpc) is 2.93. The standard InChI is InChI=1S/C31H38N4O2/c1-6-24(3)30(35-16-15-23(2)21-25(35)4)31(36)32-22-26-7-9-27(10-8-26)33-17-19-34(20-18-33)28-11-13-29(37-5)14-12-28/h7-16,21H,4,6,17-20,22H2,1-3,5H3,(H,32,36)/b30-24+. The Hall–Kier alpha value is -3.93. The van der Waals surface area contributed by atoms with Crippen LogP contribution in [0.3, 0.4) is 0 Å². The molecule has 1 N–H and O–H groups in total. The Labute approximate surface area is 221 Å². The van der Waals surface area contributed by atoms with Gasteiger partial charge >= 0.3 is 0 Å². The highest BCUT2D eigenvalue weighted by Gasteiger charge is 2.22. The summed E-state index contributed by atoms with van der Waals surface area (Å²) >= 11 is 0. The Bertz CT molecular complexity index is 1200. The number of benzene rings is 2. The Balaban J connectivity index is 1.33. The van der Waals surface area contributed by atoms with Crippen molar-refractivity contribution in [1.29, 1.82) is 0 Å².